The zero-order valence-electron chi connectivity index (χ0n) is 17.1. The van der Waals surface area contributed by atoms with Gasteiger partial charge in [-0.2, -0.15) is 0 Å². The van der Waals surface area contributed by atoms with Gasteiger partial charge in [-0.1, -0.05) is 24.3 Å². The van der Waals surface area contributed by atoms with E-state index in [4.69, 9.17) is 4.74 Å². The fourth-order valence-corrected chi connectivity index (χ4v) is 3.67. The van der Waals surface area contributed by atoms with E-state index >= 15 is 0 Å². The number of nitrogens with one attached hydrogen (secondary N) is 3. The second kappa shape index (κ2) is 8.31. The highest BCUT2D eigenvalue weighted by Crippen LogP contribution is 2.38. The highest BCUT2D eigenvalue weighted by molar-refractivity contribution is 6.12. The lowest BCUT2D eigenvalue weighted by atomic mass is 9.95. The molecule has 3 aromatic rings. The predicted molar refractivity (Wildman–Crippen MR) is 118 cm³/mol. The molecule has 1 heterocycles. The van der Waals surface area contributed by atoms with E-state index in [9.17, 15) is 14.4 Å². The maximum Gasteiger partial charge on any atom is 0.255 e. The van der Waals surface area contributed by atoms with Crippen molar-refractivity contribution in [2.24, 2.45) is 0 Å². The van der Waals surface area contributed by atoms with Crippen molar-refractivity contribution in [2.75, 3.05) is 17.7 Å². The number of anilines is 2. The topological polar surface area (TPSA) is 96.5 Å². The summed E-state index contributed by atoms with van der Waals surface area (Å²) in [6.07, 6.45) is 0. The SMILES string of the molecule is COc1ccccc1-c1ccc(NC(=O)c2ccc(NC(C)=O)cc2)c2c1CNC2=O. The summed E-state index contributed by atoms with van der Waals surface area (Å²) in [5.74, 6) is -0.0571. The van der Waals surface area contributed by atoms with E-state index < -0.39 is 0 Å². The van der Waals surface area contributed by atoms with Crippen molar-refractivity contribution in [3.8, 4) is 16.9 Å². The Labute approximate surface area is 179 Å². The van der Waals surface area contributed by atoms with Crippen molar-refractivity contribution in [1.82, 2.24) is 5.32 Å². The van der Waals surface area contributed by atoms with Crippen LogP contribution in [-0.4, -0.2) is 24.8 Å². The summed E-state index contributed by atoms with van der Waals surface area (Å²) >= 11 is 0. The van der Waals surface area contributed by atoms with Gasteiger partial charge >= 0.3 is 0 Å². The Morgan fingerprint density at radius 3 is 2.39 bits per heavy atom. The molecule has 0 aliphatic carbocycles. The minimum Gasteiger partial charge on any atom is -0.496 e. The Morgan fingerprint density at radius 2 is 1.68 bits per heavy atom. The molecule has 0 bridgehead atoms. The molecule has 31 heavy (non-hydrogen) atoms. The number of hydrogen-bond donors (Lipinski definition) is 3. The fourth-order valence-electron chi connectivity index (χ4n) is 3.67. The van der Waals surface area contributed by atoms with Gasteiger partial charge in [0.2, 0.25) is 5.91 Å². The molecule has 0 unspecified atom stereocenters. The summed E-state index contributed by atoms with van der Waals surface area (Å²) in [6, 6.07) is 17.7. The third-order valence-corrected chi connectivity index (χ3v) is 5.08. The number of methoxy groups -OCH3 is 1. The van der Waals surface area contributed by atoms with Crippen molar-refractivity contribution in [1.29, 1.82) is 0 Å². The Morgan fingerprint density at radius 1 is 0.935 bits per heavy atom. The van der Waals surface area contributed by atoms with Gasteiger partial charge in [0.1, 0.15) is 5.75 Å². The molecule has 7 heteroatoms. The van der Waals surface area contributed by atoms with Crippen molar-refractivity contribution in [3.05, 3.63) is 77.4 Å². The average Bonchev–Trinajstić information content (AvgIpc) is 3.16. The molecule has 3 aromatic carbocycles. The van der Waals surface area contributed by atoms with Gasteiger partial charge in [-0.15, -0.1) is 0 Å². The maximum atomic E-state index is 12.8. The molecule has 3 N–H and O–H groups in total. The second-order valence-corrected chi connectivity index (χ2v) is 7.11. The zero-order valence-corrected chi connectivity index (χ0v) is 17.1. The summed E-state index contributed by atoms with van der Waals surface area (Å²) in [6.45, 7) is 1.79. The molecule has 7 nitrogen and oxygen atoms in total. The van der Waals surface area contributed by atoms with Crippen molar-refractivity contribution >= 4 is 29.1 Å². The van der Waals surface area contributed by atoms with Crippen LogP contribution in [0.4, 0.5) is 11.4 Å². The summed E-state index contributed by atoms with van der Waals surface area (Å²) in [5.41, 5.74) is 4.48. The number of rotatable bonds is 5. The number of para-hydroxylation sites is 1. The van der Waals surface area contributed by atoms with Gasteiger partial charge < -0.3 is 20.7 Å². The molecular formula is C24H21N3O4. The third kappa shape index (κ3) is 3.98. The molecule has 156 valence electrons. The van der Waals surface area contributed by atoms with Crippen LogP contribution in [0, 0.1) is 0 Å². The molecule has 4 rings (SSSR count). The lowest BCUT2D eigenvalue weighted by Gasteiger charge is -2.15. The van der Waals surface area contributed by atoms with Crippen LogP contribution in [0.1, 0.15) is 33.2 Å². The Hall–Kier alpha value is -4.13. The second-order valence-electron chi connectivity index (χ2n) is 7.11. The van der Waals surface area contributed by atoms with Crippen LogP contribution in [0.5, 0.6) is 5.75 Å². The third-order valence-electron chi connectivity index (χ3n) is 5.08. The first-order valence-corrected chi connectivity index (χ1v) is 9.74. The molecule has 0 saturated heterocycles. The maximum absolute atomic E-state index is 12.8. The molecule has 0 radical (unpaired) electrons. The average molecular weight is 415 g/mol. The first-order chi connectivity index (χ1) is 15.0. The van der Waals surface area contributed by atoms with Gasteiger partial charge in [0.15, 0.2) is 0 Å². The number of ether oxygens (including phenoxy) is 1. The van der Waals surface area contributed by atoms with E-state index in [-0.39, 0.29) is 17.7 Å². The summed E-state index contributed by atoms with van der Waals surface area (Å²) < 4.78 is 5.47. The molecule has 1 aliphatic rings. The molecule has 0 fully saturated rings. The van der Waals surface area contributed by atoms with Crippen LogP contribution in [-0.2, 0) is 11.3 Å². The Kier molecular flexibility index (Phi) is 5.41. The number of fused-ring (bicyclic) bond motifs is 1. The molecule has 0 atom stereocenters. The summed E-state index contributed by atoms with van der Waals surface area (Å²) in [4.78, 5) is 36.5. The van der Waals surface area contributed by atoms with Gasteiger partial charge in [-0.3, -0.25) is 14.4 Å². The van der Waals surface area contributed by atoms with E-state index in [1.807, 2.05) is 30.3 Å². The minimum atomic E-state index is -0.346. The summed E-state index contributed by atoms with van der Waals surface area (Å²) in [5, 5.41) is 8.34. The minimum absolute atomic E-state index is 0.186. The highest BCUT2D eigenvalue weighted by Gasteiger charge is 2.27. The van der Waals surface area contributed by atoms with Crippen molar-refractivity contribution < 1.29 is 19.1 Å². The zero-order chi connectivity index (χ0) is 22.0. The highest BCUT2D eigenvalue weighted by atomic mass is 16.5. The van der Waals surface area contributed by atoms with Crippen LogP contribution in [0.3, 0.4) is 0 Å². The van der Waals surface area contributed by atoms with Crippen LogP contribution >= 0.6 is 0 Å². The predicted octanol–water partition coefficient (Wildman–Crippen LogP) is 3.82. The fraction of sp³-hybridized carbons (Fsp3) is 0.125. The van der Waals surface area contributed by atoms with Crippen LogP contribution in [0.25, 0.3) is 11.1 Å². The van der Waals surface area contributed by atoms with Crippen LogP contribution in [0.2, 0.25) is 0 Å². The normalized spacial score (nSPS) is 12.0. The molecule has 0 saturated carbocycles. The van der Waals surface area contributed by atoms with Gasteiger partial charge in [-0.05, 0) is 47.5 Å². The number of carbonyl (C=O) groups is 3. The molecule has 3 amide bonds. The van der Waals surface area contributed by atoms with E-state index in [1.165, 1.54) is 6.92 Å². The Balaban J connectivity index is 1.66. The quantitative estimate of drug-likeness (QED) is 0.590. The smallest absolute Gasteiger partial charge is 0.255 e. The molecule has 1 aliphatic heterocycles. The van der Waals surface area contributed by atoms with E-state index in [2.05, 4.69) is 16.0 Å². The molecule has 0 aromatic heterocycles. The van der Waals surface area contributed by atoms with Gasteiger partial charge in [0.25, 0.3) is 11.8 Å². The monoisotopic (exact) mass is 415 g/mol. The number of benzene rings is 3. The lowest BCUT2D eigenvalue weighted by Crippen LogP contribution is -2.17. The first kappa shape index (κ1) is 20.2. The standard InChI is InChI=1S/C24H21N3O4/c1-14(28)26-16-9-7-15(8-10-16)23(29)27-20-12-11-17(19-13-25-24(30)22(19)20)18-5-3-4-6-21(18)31-2/h3-12H,13H2,1-2H3,(H,25,30)(H,26,28)(H,27,29). The molecule has 0 spiro atoms. The molecular weight excluding hydrogens is 394 g/mol. The van der Waals surface area contributed by atoms with E-state index in [0.717, 1.165) is 16.7 Å². The lowest BCUT2D eigenvalue weighted by molar-refractivity contribution is -0.114. The van der Waals surface area contributed by atoms with E-state index in [1.54, 1.807) is 37.4 Å². The van der Waals surface area contributed by atoms with E-state index in [0.29, 0.717) is 34.8 Å². The van der Waals surface area contributed by atoms with Crippen LogP contribution in [0.15, 0.2) is 60.7 Å². The first-order valence-electron chi connectivity index (χ1n) is 9.74. The van der Waals surface area contributed by atoms with Gasteiger partial charge in [-0.25, -0.2) is 0 Å². The van der Waals surface area contributed by atoms with Crippen LogP contribution < -0.4 is 20.7 Å². The number of carbonyl (C=O) groups excluding carboxylic acids is 3. The van der Waals surface area contributed by atoms with Gasteiger partial charge in [0, 0.05) is 30.3 Å². The number of hydrogen-bond acceptors (Lipinski definition) is 4. The van der Waals surface area contributed by atoms with Crippen molar-refractivity contribution in [2.45, 2.75) is 13.5 Å². The number of amides is 3. The largest absolute Gasteiger partial charge is 0.496 e. The Bertz CT molecular complexity index is 1190. The summed E-state index contributed by atoms with van der Waals surface area (Å²) in [7, 11) is 1.61. The van der Waals surface area contributed by atoms with Gasteiger partial charge in [0.05, 0.1) is 18.4 Å². The van der Waals surface area contributed by atoms with Crippen molar-refractivity contribution in [3.63, 3.8) is 0 Å².